The first-order valence-electron chi connectivity index (χ1n) is 8.86. The van der Waals surface area contributed by atoms with Crippen LogP contribution in [0.5, 0.6) is 11.5 Å². The number of ether oxygens (including phenoxy) is 2. The van der Waals surface area contributed by atoms with Crippen molar-refractivity contribution in [2.24, 2.45) is 5.92 Å². The van der Waals surface area contributed by atoms with Crippen molar-refractivity contribution in [3.05, 3.63) is 39.8 Å². The first-order valence-corrected chi connectivity index (χ1v) is 10.1. The molecule has 1 aromatic heterocycles. The third-order valence-electron chi connectivity index (χ3n) is 4.73. The van der Waals surface area contributed by atoms with Gasteiger partial charge in [0, 0.05) is 4.88 Å². The lowest BCUT2D eigenvalue weighted by atomic mass is 9.89. The minimum Gasteiger partial charge on any atom is -0.496 e. The molecule has 0 fully saturated rings. The number of nitrogens with zero attached hydrogens (tertiary/aromatic N) is 1. The lowest BCUT2D eigenvalue weighted by Crippen LogP contribution is -2.34. The zero-order chi connectivity index (χ0) is 20.3. The van der Waals surface area contributed by atoms with Crippen molar-refractivity contribution in [1.82, 2.24) is 5.32 Å². The molecule has 1 aromatic carbocycles. The van der Waals surface area contributed by atoms with Gasteiger partial charge in [-0.2, -0.15) is 5.26 Å². The minimum absolute atomic E-state index is 0.126. The molecule has 1 atom stereocenters. The second-order valence-electron chi connectivity index (χ2n) is 6.61. The first kappa shape index (κ1) is 20.1. The van der Waals surface area contributed by atoms with E-state index in [1.807, 2.05) is 0 Å². The number of anilines is 1. The number of hydrogen-bond acceptors (Lipinski definition) is 6. The van der Waals surface area contributed by atoms with E-state index in [1.54, 1.807) is 18.2 Å². The fourth-order valence-corrected chi connectivity index (χ4v) is 4.96. The number of benzene rings is 1. The molecule has 1 amide bonds. The third-order valence-corrected chi connectivity index (χ3v) is 6.11. The van der Waals surface area contributed by atoms with Gasteiger partial charge in [0.2, 0.25) is 0 Å². The zero-order valence-electron chi connectivity index (χ0n) is 15.9. The predicted octanol–water partition coefficient (Wildman–Crippen LogP) is 3.89. The van der Waals surface area contributed by atoms with E-state index < -0.39 is 5.91 Å². The standard InChI is InChI=1S/C20H21N3O3S2/c1-11-7-8-12-13(10-21)19(28-16(12)9-11)23-20(27)22-18(24)17-14(25-2)5-4-6-15(17)26-3/h4-6,11H,7-9H2,1-3H3,(H2,22,23,24,27). The number of hydrogen-bond donors (Lipinski definition) is 2. The van der Waals surface area contributed by atoms with Crippen LogP contribution in [0, 0.1) is 17.2 Å². The Morgan fingerprint density at radius 2 is 2.00 bits per heavy atom. The Morgan fingerprint density at radius 3 is 2.61 bits per heavy atom. The number of amides is 1. The molecule has 0 saturated heterocycles. The highest BCUT2D eigenvalue weighted by molar-refractivity contribution is 7.80. The largest absolute Gasteiger partial charge is 0.496 e. The summed E-state index contributed by atoms with van der Waals surface area (Å²) in [5.41, 5.74) is 1.99. The summed E-state index contributed by atoms with van der Waals surface area (Å²) < 4.78 is 10.5. The Labute approximate surface area is 173 Å². The second-order valence-corrected chi connectivity index (χ2v) is 8.13. The average Bonchev–Trinajstić information content (AvgIpc) is 3.02. The summed E-state index contributed by atoms with van der Waals surface area (Å²) >= 11 is 6.85. The molecule has 1 aliphatic rings. The van der Waals surface area contributed by atoms with E-state index in [4.69, 9.17) is 21.7 Å². The Bertz CT molecular complexity index is 940. The SMILES string of the molecule is COc1cccc(OC)c1C(=O)NC(=S)Nc1sc2c(c1C#N)CCC(C)C2. The number of methoxy groups -OCH3 is 2. The molecule has 1 unspecified atom stereocenters. The molecule has 2 aromatic rings. The first-order chi connectivity index (χ1) is 13.5. The fourth-order valence-electron chi connectivity index (χ4n) is 3.33. The van der Waals surface area contributed by atoms with Gasteiger partial charge in [0.15, 0.2) is 5.11 Å². The summed E-state index contributed by atoms with van der Waals surface area (Å²) in [6, 6.07) is 7.37. The molecule has 0 radical (unpaired) electrons. The summed E-state index contributed by atoms with van der Waals surface area (Å²) in [4.78, 5) is 14.0. The molecule has 8 heteroatoms. The molecule has 146 valence electrons. The van der Waals surface area contributed by atoms with Crippen LogP contribution in [0.4, 0.5) is 5.00 Å². The number of rotatable bonds is 4. The summed E-state index contributed by atoms with van der Waals surface area (Å²) in [5.74, 6) is 0.936. The van der Waals surface area contributed by atoms with Gasteiger partial charge in [-0.15, -0.1) is 11.3 Å². The van der Waals surface area contributed by atoms with Gasteiger partial charge in [0.05, 0.1) is 19.8 Å². The quantitative estimate of drug-likeness (QED) is 0.737. The number of thiocarbonyl (C=S) groups is 1. The average molecular weight is 416 g/mol. The summed E-state index contributed by atoms with van der Waals surface area (Å²) in [6.45, 7) is 2.22. The van der Waals surface area contributed by atoms with Crippen LogP contribution in [0.1, 0.15) is 39.7 Å². The van der Waals surface area contributed by atoms with Crippen molar-refractivity contribution in [3.8, 4) is 17.6 Å². The number of thiophene rings is 1. The van der Waals surface area contributed by atoms with Gasteiger partial charge in [-0.05, 0) is 55.1 Å². The van der Waals surface area contributed by atoms with Crippen molar-refractivity contribution < 1.29 is 14.3 Å². The van der Waals surface area contributed by atoms with Crippen LogP contribution < -0.4 is 20.1 Å². The van der Waals surface area contributed by atoms with Crippen molar-refractivity contribution in [2.75, 3.05) is 19.5 Å². The van der Waals surface area contributed by atoms with E-state index in [2.05, 4.69) is 23.6 Å². The van der Waals surface area contributed by atoms with Crippen molar-refractivity contribution in [1.29, 1.82) is 5.26 Å². The molecule has 1 heterocycles. The number of nitrogens with one attached hydrogen (secondary N) is 2. The van der Waals surface area contributed by atoms with Gasteiger partial charge >= 0.3 is 0 Å². The topological polar surface area (TPSA) is 83.4 Å². The molecule has 1 aliphatic carbocycles. The van der Waals surface area contributed by atoms with E-state index >= 15 is 0 Å². The van der Waals surface area contributed by atoms with E-state index in [0.29, 0.717) is 28.0 Å². The maximum atomic E-state index is 12.7. The molecule has 0 spiro atoms. The van der Waals surface area contributed by atoms with Crippen LogP contribution in [0.25, 0.3) is 0 Å². The van der Waals surface area contributed by atoms with Crippen LogP contribution in [0.15, 0.2) is 18.2 Å². The van der Waals surface area contributed by atoms with E-state index in [-0.39, 0.29) is 10.7 Å². The summed E-state index contributed by atoms with van der Waals surface area (Å²) in [6.07, 6.45) is 2.94. The highest BCUT2D eigenvalue weighted by Gasteiger charge is 2.25. The predicted molar refractivity (Wildman–Crippen MR) is 113 cm³/mol. The zero-order valence-corrected chi connectivity index (χ0v) is 17.6. The molecule has 0 saturated carbocycles. The molecule has 0 aliphatic heterocycles. The van der Waals surface area contributed by atoms with Crippen molar-refractivity contribution >= 4 is 39.6 Å². The lowest BCUT2D eigenvalue weighted by molar-refractivity contribution is 0.0971. The monoisotopic (exact) mass is 415 g/mol. The molecule has 0 bridgehead atoms. The number of carbonyl (C=O) groups is 1. The molecular formula is C20H21N3O3S2. The van der Waals surface area contributed by atoms with Crippen LogP contribution in [-0.2, 0) is 12.8 Å². The molecule has 3 rings (SSSR count). The van der Waals surface area contributed by atoms with E-state index in [1.165, 1.54) is 30.4 Å². The molecule has 28 heavy (non-hydrogen) atoms. The van der Waals surface area contributed by atoms with Crippen LogP contribution in [0.2, 0.25) is 0 Å². The highest BCUT2D eigenvalue weighted by atomic mass is 32.1. The van der Waals surface area contributed by atoms with Crippen LogP contribution >= 0.6 is 23.6 Å². The van der Waals surface area contributed by atoms with Gasteiger partial charge in [-0.25, -0.2) is 0 Å². The van der Waals surface area contributed by atoms with Gasteiger partial charge in [-0.1, -0.05) is 13.0 Å². The van der Waals surface area contributed by atoms with Crippen molar-refractivity contribution in [2.45, 2.75) is 26.2 Å². The summed E-state index contributed by atoms with van der Waals surface area (Å²) in [7, 11) is 2.97. The summed E-state index contributed by atoms with van der Waals surface area (Å²) in [5, 5.41) is 16.1. The fraction of sp³-hybridized carbons (Fsp3) is 0.350. The normalized spacial score (nSPS) is 15.1. The van der Waals surface area contributed by atoms with Gasteiger partial charge < -0.3 is 14.8 Å². The molecule has 2 N–H and O–H groups in total. The van der Waals surface area contributed by atoms with Crippen molar-refractivity contribution in [3.63, 3.8) is 0 Å². The second kappa shape index (κ2) is 8.59. The number of nitriles is 1. The van der Waals surface area contributed by atoms with Crippen LogP contribution in [-0.4, -0.2) is 25.2 Å². The van der Waals surface area contributed by atoms with Gasteiger partial charge in [0.1, 0.15) is 28.1 Å². The molecular weight excluding hydrogens is 394 g/mol. The minimum atomic E-state index is -0.444. The van der Waals surface area contributed by atoms with Gasteiger partial charge in [-0.3, -0.25) is 10.1 Å². The van der Waals surface area contributed by atoms with E-state index in [0.717, 1.165) is 24.8 Å². The maximum Gasteiger partial charge on any atom is 0.264 e. The van der Waals surface area contributed by atoms with Gasteiger partial charge in [0.25, 0.3) is 5.91 Å². The maximum absolute atomic E-state index is 12.7. The number of carbonyl (C=O) groups excluding carboxylic acids is 1. The smallest absolute Gasteiger partial charge is 0.264 e. The van der Waals surface area contributed by atoms with E-state index in [9.17, 15) is 10.1 Å². The highest BCUT2D eigenvalue weighted by Crippen LogP contribution is 2.39. The third kappa shape index (κ3) is 3.96. The Kier molecular flexibility index (Phi) is 6.17. The Morgan fingerprint density at radius 1 is 1.32 bits per heavy atom. The Balaban J connectivity index is 1.79. The molecule has 6 nitrogen and oxygen atoms in total. The lowest BCUT2D eigenvalue weighted by Gasteiger charge is -2.17. The Hall–Kier alpha value is -2.63. The number of fused-ring (bicyclic) bond motifs is 1. The van der Waals surface area contributed by atoms with Crippen LogP contribution in [0.3, 0.4) is 0 Å².